The van der Waals surface area contributed by atoms with Crippen LogP contribution in [0.2, 0.25) is 0 Å². The molecule has 0 saturated heterocycles. The number of rotatable bonds is 5. The van der Waals surface area contributed by atoms with Crippen molar-refractivity contribution in [3.05, 3.63) is 3.92 Å². The highest BCUT2D eigenvalue weighted by Crippen LogP contribution is 2.73. The van der Waals surface area contributed by atoms with Crippen molar-refractivity contribution in [3.63, 3.8) is 0 Å². The lowest BCUT2D eigenvalue weighted by Gasteiger charge is -2.48. The zero-order chi connectivity index (χ0) is 16.1. The molecule has 0 aromatic heterocycles. The molecule has 0 unspecified atom stereocenters. The molecule has 0 nitrogen and oxygen atoms in total. The van der Waals surface area contributed by atoms with Gasteiger partial charge in [0, 0.05) is 0 Å². The van der Waals surface area contributed by atoms with E-state index in [9.17, 15) is 0 Å². The summed E-state index contributed by atoms with van der Waals surface area (Å²) in [5, 5.41) is 0. The predicted octanol–water partition coefficient (Wildman–Crippen LogP) is 10.6. The molecule has 0 aliphatic carbocycles. The van der Waals surface area contributed by atoms with Gasteiger partial charge in [0.15, 0.2) is 0 Å². The van der Waals surface area contributed by atoms with Crippen molar-refractivity contribution in [2.45, 2.75) is 3.16 Å². The van der Waals surface area contributed by atoms with Crippen LogP contribution in [-0.4, -0.2) is 3.16 Å². The van der Waals surface area contributed by atoms with Gasteiger partial charge in [-0.05, 0) is 0 Å². The zero-order valence-corrected chi connectivity index (χ0v) is 36.0. The van der Waals surface area contributed by atoms with Gasteiger partial charge in [0.05, 0.1) is 3.92 Å². The van der Waals surface area contributed by atoms with Gasteiger partial charge in [-0.3, -0.25) is 0 Å². The fourth-order valence-electron chi connectivity index (χ4n) is 0.637. The van der Waals surface area contributed by atoms with Crippen LogP contribution in [0.5, 0.6) is 0 Å². The summed E-state index contributed by atoms with van der Waals surface area (Å²) in [6.45, 7) is 0. The molecule has 0 N–H and O–H groups in total. The van der Waals surface area contributed by atoms with Crippen LogP contribution in [0.4, 0.5) is 0 Å². The van der Waals surface area contributed by atoms with E-state index in [0.29, 0.717) is 0 Å². The van der Waals surface area contributed by atoms with Gasteiger partial charge in [-0.1, -0.05) is 294 Å². The Kier molecular flexibility index (Phi) is 16.0. The van der Waals surface area contributed by atoms with Crippen molar-refractivity contribution >= 4 is 294 Å². The first-order valence-corrected chi connectivity index (χ1v) is 17.7. The molecule has 0 bridgehead atoms. The molecule has 0 aromatic rings. The third kappa shape index (κ3) is 7.60. The van der Waals surface area contributed by atoms with Gasteiger partial charge in [0.2, 0.25) is 0 Å². The molecule has 0 heterocycles. The van der Waals surface area contributed by atoms with Crippen molar-refractivity contribution < 1.29 is 0 Å². The van der Waals surface area contributed by atoms with Crippen LogP contribution in [0.15, 0.2) is 0 Å². The minimum absolute atomic E-state index is 0.0446. The van der Waals surface area contributed by atoms with Gasteiger partial charge in [-0.25, -0.2) is 0 Å². The molecule has 0 aliphatic rings. The number of hydrogen-bond acceptors (Lipinski definition) is 0. The third-order valence-corrected chi connectivity index (χ3v) is 37.4. The van der Waals surface area contributed by atoms with Crippen molar-refractivity contribution in [1.82, 2.24) is 0 Å². The lowest BCUT2D eigenvalue weighted by atomic mass is 10.2. The van der Waals surface area contributed by atoms with E-state index in [1.54, 1.807) is 0 Å². The minimum atomic E-state index is 0.0446. The van der Waals surface area contributed by atoms with Gasteiger partial charge < -0.3 is 0 Å². The van der Waals surface area contributed by atoms with Gasteiger partial charge in [-0.2, -0.15) is 0 Å². The highest BCUT2D eigenvalue weighted by atomic mass is 127. The Hall–Kier alpha value is 9.49. The molecule has 0 aliphatic heterocycles. The van der Waals surface area contributed by atoms with Gasteiger partial charge in [0.1, 0.15) is 3.16 Å². The fraction of sp³-hybridized carbons (Fsp3) is 0.833. The van der Waals surface area contributed by atoms with Gasteiger partial charge in [0.25, 0.3) is 0 Å². The monoisotopic (exact) mass is 1720 g/mol. The van der Waals surface area contributed by atoms with Crippen LogP contribution in [0.3, 0.4) is 0 Å². The van der Waals surface area contributed by atoms with E-state index in [1.807, 2.05) is 0 Å². The van der Waals surface area contributed by atoms with Crippen LogP contribution >= 0.6 is 294 Å². The first-order valence-electron chi connectivity index (χ1n) is 3.71. The molecule has 0 spiro atoms. The molecule has 0 saturated carbocycles. The summed E-state index contributed by atoms with van der Waals surface area (Å²) in [6.07, 6.45) is 0. The maximum absolute atomic E-state index is 2.63. The number of alkyl halides is 12. The Bertz CT molecular complexity index is 319. The fourth-order valence-corrected chi connectivity index (χ4v) is 14.2. The molecule has 1 radical (unpaired) electrons. The molecule has 0 aromatic carbocycles. The Morgan fingerprint density at radius 2 is 0.789 bits per heavy atom. The standard InChI is InChI=1S/C6I13/c7-1(3(10,11)5(14,15)16)2(8,9)4(12,13)6(17,18)19. The maximum atomic E-state index is 2.63. The Morgan fingerprint density at radius 1 is 0.474 bits per heavy atom. The van der Waals surface area contributed by atoms with Crippen molar-refractivity contribution in [2.24, 2.45) is 0 Å². The van der Waals surface area contributed by atoms with E-state index < -0.39 is 0 Å². The highest BCUT2D eigenvalue weighted by molar-refractivity contribution is 14.3. The Labute approximate surface area is 291 Å². The first kappa shape index (κ1) is 28.5. The molecular formula is C6I13. The number of hydrogen-bond donors (Lipinski definition) is 0. The maximum Gasteiger partial charge on any atom is 0.149 e. The van der Waals surface area contributed by atoms with E-state index in [0.717, 1.165) is 0 Å². The second-order valence-electron chi connectivity index (χ2n) is 3.03. The highest BCUT2D eigenvalue weighted by Gasteiger charge is 2.65. The van der Waals surface area contributed by atoms with Crippen LogP contribution in [0, 0.1) is 3.92 Å². The van der Waals surface area contributed by atoms with Crippen molar-refractivity contribution in [3.8, 4) is 0 Å². The minimum Gasteiger partial charge on any atom is -0.0724 e. The van der Waals surface area contributed by atoms with Gasteiger partial charge in [-0.15, -0.1) is 0 Å². The number of halogens is 13. The summed E-state index contributed by atoms with van der Waals surface area (Å²) in [6, 6.07) is 0. The van der Waals surface area contributed by atoms with Crippen LogP contribution in [0.1, 0.15) is 0 Å². The summed E-state index contributed by atoms with van der Waals surface area (Å²) in [7, 11) is 0. The van der Waals surface area contributed by atoms with Gasteiger partial charge >= 0.3 is 0 Å². The molecular weight excluding hydrogens is 1720 g/mol. The Balaban J connectivity index is 5.70. The third-order valence-electron chi connectivity index (χ3n) is 1.66. The smallest absolute Gasteiger partial charge is 0.0724 e. The lowest BCUT2D eigenvalue weighted by Crippen LogP contribution is -2.52. The van der Waals surface area contributed by atoms with Crippen molar-refractivity contribution in [1.29, 1.82) is 0 Å². The lowest BCUT2D eigenvalue weighted by molar-refractivity contribution is 0.893. The van der Waals surface area contributed by atoms with Crippen LogP contribution in [-0.2, 0) is 0 Å². The topological polar surface area (TPSA) is 0 Å². The van der Waals surface area contributed by atoms with E-state index >= 15 is 0 Å². The molecule has 0 rings (SSSR count). The van der Waals surface area contributed by atoms with E-state index in [-0.39, 0.29) is 3.16 Å². The summed E-state index contributed by atoms with van der Waals surface area (Å²) < 4.78 is 1.95. The average molecular weight is 1720 g/mol. The molecule has 13 heteroatoms. The second kappa shape index (κ2) is 10.7. The zero-order valence-electron chi connectivity index (χ0n) is 7.91. The molecule has 0 amide bonds. The summed E-state index contributed by atoms with van der Waals surface area (Å²) >= 11 is 33.5. The van der Waals surface area contributed by atoms with Crippen LogP contribution < -0.4 is 0 Å². The largest absolute Gasteiger partial charge is 0.149 e. The van der Waals surface area contributed by atoms with E-state index in [2.05, 4.69) is 294 Å². The SMILES string of the molecule is I[C](C(I)(I)C(I)(I)I)C(I)(I)C(I)(I)C(I)(I)I. The quantitative estimate of drug-likeness (QED) is 0.190. The molecule has 19 heavy (non-hydrogen) atoms. The van der Waals surface area contributed by atoms with Crippen LogP contribution in [0.25, 0.3) is 0 Å². The van der Waals surface area contributed by atoms with E-state index in [4.69, 9.17) is 0 Å². The average Bonchev–Trinajstić information content (AvgIpc) is 2.12. The molecule has 115 valence electrons. The summed E-state index contributed by atoms with van der Waals surface area (Å²) in [5.74, 6) is 0. The summed E-state index contributed by atoms with van der Waals surface area (Å²) in [4.78, 5) is 0. The second-order valence-corrected chi connectivity index (χ2v) is 42.1. The predicted molar refractivity (Wildman–Crippen MR) is 199 cm³/mol. The van der Waals surface area contributed by atoms with Crippen molar-refractivity contribution in [2.75, 3.05) is 0 Å². The Morgan fingerprint density at radius 3 is 1.00 bits per heavy atom. The normalized spacial score (nSPS) is 16.1. The first-order chi connectivity index (χ1) is 7.90. The molecule has 0 atom stereocenters. The molecule has 0 fully saturated rings. The summed E-state index contributed by atoms with van der Waals surface area (Å²) in [5.41, 5.74) is 0. The van der Waals surface area contributed by atoms with E-state index in [1.165, 1.54) is 3.92 Å².